The minimum absolute atomic E-state index is 0.635. The Morgan fingerprint density at radius 2 is 0.554 bits per heavy atom. The van der Waals surface area contributed by atoms with E-state index in [2.05, 4.69) is 228 Å². The van der Waals surface area contributed by atoms with Gasteiger partial charge in [0, 0.05) is 54.9 Å². The highest BCUT2D eigenvalue weighted by Gasteiger charge is 2.26. The maximum absolute atomic E-state index is 5.58. The number of hydrogen-bond acceptors (Lipinski definition) is 4. The highest BCUT2D eigenvalue weighted by Crippen LogP contribution is 2.45. The van der Waals surface area contributed by atoms with Crippen LogP contribution >= 0.6 is 0 Å². The Morgan fingerprint density at radius 3 is 0.986 bits per heavy atom. The zero-order valence-corrected chi connectivity index (χ0v) is 40.1. The molecule has 14 rings (SSSR count). The largest absolute Gasteiger partial charge is 0.308 e. The molecule has 0 saturated carbocycles. The van der Waals surface area contributed by atoms with Crippen molar-refractivity contribution in [3.05, 3.63) is 267 Å². The zero-order chi connectivity index (χ0) is 49.0. The third kappa shape index (κ3) is 7.44. The van der Waals surface area contributed by atoms with Gasteiger partial charge in [-0.25, -0.2) is 19.9 Å². The number of benzene rings is 10. The molecule has 6 nitrogen and oxygen atoms in total. The molecule has 0 N–H and O–H groups in total. The van der Waals surface area contributed by atoms with Crippen molar-refractivity contribution in [2.75, 3.05) is 0 Å². The van der Waals surface area contributed by atoms with Crippen molar-refractivity contribution in [1.82, 2.24) is 29.1 Å². The monoisotopic (exact) mass is 944 g/mol. The van der Waals surface area contributed by atoms with Gasteiger partial charge in [0.25, 0.3) is 0 Å². The predicted molar refractivity (Wildman–Crippen MR) is 304 cm³/mol. The fraction of sp³-hybridized carbons (Fsp3) is 0. The Hall–Kier alpha value is -10.0. The average Bonchev–Trinajstić information content (AvgIpc) is 4.00. The van der Waals surface area contributed by atoms with Gasteiger partial charge < -0.3 is 9.13 Å². The second kappa shape index (κ2) is 18.0. The van der Waals surface area contributed by atoms with E-state index in [1.807, 2.05) is 48.5 Å². The minimum Gasteiger partial charge on any atom is -0.308 e. The first-order valence-corrected chi connectivity index (χ1v) is 25.0. The van der Waals surface area contributed by atoms with Crippen molar-refractivity contribution in [2.24, 2.45) is 0 Å². The Kier molecular flexibility index (Phi) is 10.4. The Balaban J connectivity index is 1.16. The first-order chi connectivity index (χ1) is 36.7. The zero-order valence-electron chi connectivity index (χ0n) is 40.1. The lowest BCUT2D eigenvalue weighted by Gasteiger charge is -2.22. The molecule has 4 aromatic heterocycles. The molecule has 4 heterocycles. The number of nitrogens with zero attached hydrogens (tertiary/aromatic N) is 6. The topological polar surface area (TPSA) is 61.4 Å². The molecule has 10 aromatic carbocycles. The van der Waals surface area contributed by atoms with Gasteiger partial charge in [0.05, 0.1) is 56.2 Å². The van der Waals surface area contributed by atoms with Crippen molar-refractivity contribution >= 4 is 43.6 Å². The predicted octanol–water partition coefficient (Wildman–Crippen LogP) is 17.1. The van der Waals surface area contributed by atoms with Crippen LogP contribution in [0.25, 0.3) is 134 Å². The molecule has 0 atom stereocenters. The van der Waals surface area contributed by atoms with E-state index in [0.717, 1.165) is 106 Å². The summed E-state index contributed by atoms with van der Waals surface area (Å²) in [5.41, 5.74) is 17.5. The molecule has 14 aromatic rings. The average molecular weight is 945 g/mol. The third-order valence-electron chi connectivity index (χ3n) is 14.2. The molecule has 0 aliphatic heterocycles. The molecule has 0 amide bonds. The molecule has 0 saturated heterocycles. The number of rotatable bonds is 9. The number of para-hydroxylation sites is 3. The molecule has 0 aliphatic rings. The minimum atomic E-state index is 0.635. The first kappa shape index (κ1) is 42.8. The lowest BCUT2D eigenvalue weighted by molar-refractivity contribution is 1.12. The van der Waals surface area contributed by atoms with Crippen molar-refractivity contribution in [1.29, 1.82) is 0 Å². The van der Waals surface area contributed by atoms with Crippen LogP contribution in [0.1, 0.15) is 0 Å². The lowest BCUT2D eigenvalue weighted by atomic mass is 9.97. The van der Waals surface area contributed by atoms with Gasteiger partial charge in [-0.2, -0.15) is 0 Å². The molecular weight excluding hydrogens is 901 g/mol. The summed E-state index contributed by atoms with van der Waals surface area (Å²) < 4.78 is 4.86. The SMILES string of the molecule is c1ccc(-c2ccc3c(c2)c2ccccc2n3-c2cc(-n3c4ccccc4c4ccccc43)c(-c3cc(-c4ccccc4)nc(-c4ccccc4)n3)cc2-c2cc(-c3ccccc3)nc(-c3ccccc3)n2)cc1. The Morgan fingerprint density at radius 1 is 0.216 bits per heavy atom. The molecule has 74 heavy (non-hydrogen) atoms. The van der Waals surface area contributed by atoms with E-state index in [1.54, 1.807) is 0 Å². The van der Waals surface area contributed by atoms with Gasteiger partial charge in [-0.1, -0.05) is 212 Å². The van der Waals surface area contributed by atoms with Crippen LogP contribution in [0, 0.1) is 0 Å². The summed E-state index contributed by atoms with van der Waals surface area (Å²) in [5, 5.41) is 4.64. The molecule has 346 valence electrons. The summed E-state index contributed by atoms with van der Waals surface area (Å²) >= 11 is 0. The van der Waals surface area contributed by atoms with E-state index in [4.69, 9.17) is 19.9 Å². The molecular formula is C68H44N6. The molecule has 0 aliphatic carbocycles. The third-order valence-corrected chi connectivity index (χ3v) is 14.2. The smallest absolute Gasteiger partial charge is 0.160 e. The first-order valence-electron chi connectivity index (χ1n) is 25.0. The summed E-state index contributed by atoms with van der Waals surface area (Å²) in [5.74, 6) is 1.27. The fourth-order valence-electron chi connectivity index (χ4n) is 10.7. The molecule has 0 bridgehead atoms. The summed E-state index contributed by atoms with van der Waals surface area (Å²) in [6, 6.07) is 94.1. The van der Waals surface area contributed by atoms with Gasteiger partial charge in [-0.3, -0.25) is 0 Å². The summed E-state index contributed by atoms with van der Waals surface area (Å²) in [7, 11) is 0. The summed E-state index contributed by atoms with van der Waals surface area (Å²) in [6.07, 6.45) is 0. The van der Waals surface area contributed by atoms with Gasteiger partial charge in [0.1, 0.15) is 0 Å². The van der Waals surface area contributed by atoms with Crippen LogP contribution in [-0.4, -0.2) is 29.1 Å². The maximum Gasteiger partial charge on any atom is 0.160 e. The van der Waals surface area contributed by atoms with Crippen LogP contribution in [-0.2, 0) is 0 Å². The number of aromatic nitrogens is 6. The van der Waals surface area contributed by atoms with Gasteiger partial charge in [0.2, 0.25) is 0 Å². The molecule has 0 fully saturated rings. The van der Waals surface area contributed by atoms with Crippen molar-refractivity contribution < 1.29 is 0 Å². The molecule has 0 unspecified atom stereocenters. The van der Waals surface area contributed by atoms with E-state index < -0.39 is 0 Å². The van der Waals surface area contributed by atoms with Gasteiger partial charge >= 0.3 is 0 Å². The van der Waals surface area contributed by atoms with Crippen LogP contribution in [0.2, 0.25) is 0 Å². The van der Waals surface area contributed by atoms with Gasteiger partial charge in [-0.15, -0.1) is 0 Å². The Bertz CT molecular complexity index is 4230. The van der Waals surface area contributed by atoms with Crippen LogP contribution in [0.4, 0.5) is 0 Å². The summed E-state index contributed by atoms with van der Waals surface area (Å²) in [6.45, 7) is 0. The second-order valence-corrected chi connectivity index (χ2v) is 18.6. The normalized spacial score (nSPS) is 11.5. The van der Waals surface area contributed by atoms with Gasteiger partial charge in [-0.05, 0) is 65.7 Å². The second-order valence-electron chi connectivity index (χ2n) is 18.6. The van der Waals surface area contributed by atoms with Crippen LogP contribution in [0.3, 0.4) is 0 Å². The van der Waals surface area contributed by atoms with E-state index in [0.29, 0.717) is 11.6 Å². The maximum atomic E-state index is 5.58. The van der Waals surface area contributed by atoms with Crippen molar-refractivity contribution in [2.45, 2.75) is 0 Å². The van der Waals surface area contributed by atoms with E-state index in [1.165, 1.54) is 16.3 Å². The summed E-state index contributed by atoms with van der Waals surface area (Å²) in [4.78, 5) is 21.7. The van der Waals surface area contributed by atoms with Crippen molar-refractivity contribution in [3.63, 3.8) is 0 Å². The quantitative estimate of drug-likeness (QED) is 0.145. The van der Waals surface area contributed by atoms with E-state index in [9.17, 15) is 0 Å². The van der Waals surface area contributed by atoms with Gasteiger partial charge in [0.15, 0.2) is 11.6 Å². The number of fused-ring (bicyclic) bond motifs is 6. The highest BCUT2D eigenvalue weighted by molar-refractivity contribution is 6.12. The number of hydrogen-bond donors (Lipinski definition) is 0. The molecule has 0 radical (unpaired) electrons. The Labute approximate surface area is 427 Å². The lowest BCUT2D eigenvalue weighted by Crippen LogP contribution is -2.06. The van der Waals surface area contributed by atoms with Crippen LogP contribution in [0.5, 0.6) is 0 Å². The van der Waals surface area contributed by atoms with Crippen molar-refractivity contribution in [3.8, 4) is 90.3 Å². The standard InChI is InChI=1S/C68H44N6/c1-6-22-45(23-7-1)50-38-39-64-54(40-50)53-34-18-21-37-63(53)74(64)66-44-65(73-61-35-19-16-32-51(61)52-33-17-20-36-62(52)73)55(59-42-57(46-24-8-2-9-25-46)69-67(71-59)48-28-12-4-13-29-48)41-56(66)60-43-58(47-26-10-3-11-27-47)70-68(72-60)49-30-14-5-15-31-49/h1-44H. The highest BCUT2D eigenvalue weighted by atomic mass is 15.0. The fourth-order valence-corrected chi connectivity index (χ4v) is 10.7. The van der Waals surface area contributed by atoms with Crippen LogP contribution in [0.15, 0.2) is 267 Å². The molecule has 0 spiro atoms. The van der Waals surface area contributed by atoms with E-state index in [-0.39, 0.29) is 0 Å². The molecule has 6 heteroatoms. The van der Waals surface area contributed by atoms with E-state index >= 15 is 0 Å². The van der Waals surface area contributed by atoms with Crippen LogP contribution < -0.4 is 0 Å².